The van der Waals surface area contributed by atoms with Crippen molar-refractivity contribution >= 4 is 23.5 Å². The largest absolute Gasteiger partial charge is 0.467 e. The fraction of sp³-hybridized carbons (Fsp3) is 0.500. The van der Waals surface area contributed by atoms with Gasteiger partial charge < -0.3 is 15.4 Å². The van der Waals surface area contributed by atoms with Gasteiger partial charge >= 0.3 is 5.97 Å². The molecule has 1 aromatic carbocycles. The quantitative estimate of drug-likeness (QED) is 0.647. The molecule has 2 unspecified atom stereocenters. The SMILES string of the molecule is COC(=O)C(CC(C)C)NC(=O)CC(C)CC(=O)Nc1ccc(C#N)cc1. The van der Waals surface area contributed by atoms with Crippen molar-refractivity contribution in [3.8, 4) is 6.07 Å². The normalized spacial score (nSPS) is 12.6. The van der Waals surface area contributed by atoms with E-state index in [0.717, 1.165) is 0 Å². The number of hydrogen-bond donors (Lipinski definition) is 2. The van der Waals surface area contributed by atoms with E-state index in [1.165, 1.54) is 7.11 Å². The average Bonchev–Trinajstić information content (AvgIpc) is 2.60. The molecule has 0 fully saturated rings. The molecule has 7 heteroatoms. The third kappa shape index (κ3) is 8.36. The molecule has 2 N–H and O–H groups in total. The molecule has 0 aromatic heterocycles. The van der Waals surface area contributed by atoms with Gasteiger partial charge in [-0.25, -0.2) is 4.79 Å². The predicted molar refractivity (Wildman–Crippen MR) is 102 cm³/mol. The van der Waals surface area contributed by atoms with Crippen LogP contribution in [0.5, 0.6) is 0 Å². The maximum atomic E-state index is 12.2. The Balaban J connectivity index is 2.50. The van der Waals surface area contributed by atoms with E-state index in [-0.39, 0.29) is 36.5 Å². The minimum atomic E-state index is -0.679. The summed E-state index contributed by atoms with van der Waals surface area (Å²) in [5.74, 6) is -0.939. The number of amides is 2. The fourth-order valence-electron chi connectivity index (χ4n) is 2.63. The third-order valence-corrected chi connectivity index (χ3v) is 3.89. The number of esters is 1. The van der Waals surface area contributed by atoms with Crippen LogP contribution in [0.1, 0.15) is 45.6 Å². The Bertz CT molecular complexity index is 692. The van der Waals surface area contributed by atoms with Crippen molar-refractivity contribution in [2.45, 2.75) is 46.1 Å². The second-order valence-corrected chi connectivity index (χ2v) is 7.02. The number of carbonyl (C=O) groups excluding carboxylic acids is 3. The molecule has 2 amide bonds. The van der Waals surface area contributed by atoms with E-state index < -0.39 is 12.0 Å². The van der Waals surface area contributed by atoms with Gasteiger partial charge in [-0.2, -0.15) is 5.26 Å². The van der Waals surface area contributed by atoms with E-state index in [9.17, 15) is 14.4 Å². The average molecular weight is 373 g/mol. The van der Waals surface area contributed by atoms with Gasteiger partial charge in [0.1, 0.15) is 6.04 Å². The number of nitriles is 1. The molecule has 2 atom stereocenters. The molecule has 0 aliphatic rings. The van der Waals surface area contributed by atoms with E-state index >= 15 is 0 Å². The van der Waals surface area contributed by atoms with Crippen molar-refractivity contribution in [3.63, 3.8) is 0 Å². The van der Waals surface area contributed by atoms with Crippen molar-refractivity contribution < 1.29 is 19.1 Å². The van der Waals surface area contributed by atoms with Crippen LogP contribution < -0.4 is 10.6 Å². The van der Waals surface area contributed by atoms with Gasteiger partial charge in [-0.15, -0.1) is 0 Å². The lowest BCUT2D eigenvalue weighted by Gasteiger charge is -2.19. The minimum Gasteiger partial charge on any atom is -0.467 e. The molecule has 0 saturated carbocycles. The maximum absolute atomic E-state index is 12.2. The monoisotopic (exact) mass is 373 g/mol. The van der Waals surface area contributed by atoms with E-state index in [4.69, 9.17) is 10.00 Å². The second-order valence-electron chi connectivity index (χ2n) is 7.02. The Labute approximate surface area is 160 Å². The number of methoxy groups -OCH3 is 1. The fourth-order valence-corrected chi connectivity index (χ4v) is 2.63. The zero-order valence-electron chi connectivity index (χ0n) is 16.2. The van der Waals surface area contributed by atoms with Gasteiger partial charge in [0.2, 0.25) is 11.8 Å². The smallest absolute Gasteiger partial charge is 0.328 e. The molecule has 27 heavy (non-hydrogen) atoms. The Kier molecular flexibility index (Phi) is 9.00. The lowest BCUT2D eigenvalue weighted by Crippen LogP contribution is -2.42. The minimum absolute atomic E-state index is 0.131. The molecular weight excluding hydrogens is 346 g/mol. The molecule has 0 heterocycles. The summed E-state index contributed by atoms with van der Waals surface area (Å²) in [6, 6.07) is 7.88. The molecule has 1 aromatic rings. The summed E-state index contributed by atoms with van der Waals surface area (Å²) in [7, 11) is 1.29. The van der Waals surface area contributed by atoms with Gasteiger partial charge in [0, 0.05) is 18.5 Å². The van der Waals surface area contributed by atoms with Gasteiger partial charge in [0.05, 0.1) is 18.7 Å². The summed E-state index contributed by atoms with van der Waals surface area (Å²) in [5.41, 5.74) is 1.11. The molecule has 0 aliphatic carbocycles. The summed E-state index contributed by atoms with van der Waals surface area (Å²) in [6.07, 6.45) is 0.791. The van der Waals surface area contributed by atoms with Crippen LogP contribution in [-0.2, 0) is 19.1 Å². The summed E-state index contributed by atoms with van der Waals surface area (Å²) in [5, 5.41) is 14.2. The first-order valence-electron chi connectivity index (χ1n) is 8.92. The van der Waals surface area contributed by atoms with E-state index in [0.29, 0.717) is 17.7 Å². The number of anilines is 1. The number of carbonyl (C=O) groups is 3. The maximum Gasteiger partial charge on any atom is 0.328 e. The second kappa shape index (κ2) is 11.0. The van der Waals surface area contributed by atoms with Gasteiger partial charge in [-0.3, -0.25) is 9.59 Å². The number of hydrogen-bond acceptors (Lipinski definition) is 5. The molecule has 0 aliphatic heterocycles. The van der Waals surface area contributed by atoms with Crippen LogP contribution in [-0.4, -0.2) is 30.9 Å². The summed E-state index contributed by atoms with van der Waals surface area (Å²) in [6.45, 7) is 5.71. The number of benzene rings is 1. The highest BCUT2D eigenvalue weighted by Crippen LogP contribution is 2.13. The molecule has 0 bridgehead atoms. The Morgan fingerprint density at radius 2 is 1.67 bits per heavy atom. The zero-order chi connectivity index (χ0) is 20.4. The van der Waals surface area contributed by atoms with Crippen molar-refractivity contribution in [2.24, 2.45) is 11.8 Å². The van der Waals surface area contributed by atoms with Gasteiger partial charge in [-0.05, 0) is 42.5 Å². The van der Waals surface area contributed by atoms with Gasteiger partial charge in [0.15, 0.2) is 0 Å². The van der Waals surface area contributed by atoms with Crippen molar-refractivity contribution in [1.29, 1.82) is 5.26 Å². The molecule has 7 nitrogen and oxygen atoms in total. The van der Waals surface area contributed by atoms with Crippen molar-refractivity contribution in [1.82, 2.24) is 5.32 Å². The zero-order valence-corrected chi connectivity index (χ0v) is 16.2. The molecule has 1 rings (SSSR count). The molecule has 0 saturated heterocycles. The Hall–Kier alpha value is -2.88. The molecular formula is C20H27N3O4. The number of nitrogens with zero attached hydrogens (tertiary/aromatic N) is 1. The topological polar surface area (TPSA) is 108 Å². The number of nitrogens with one attached hydrogen (secondary N) is 2. The first-order chi connectivity index (χ1) is 12.7. The van der Waals surface area contributed by atoms with Crippen LogP contribution >= 0.6 is 0 Å². The Morgan fingerprint density at radius 1 is 1.07 bits per heavy atom. The first-order valence-corrected chi connectivity index (χ1v) is 8.92. The lowest BCUT2D eigenvalue weighted by atomic mass is 10.0. The predicted octanol–water partition coefficient (Wildman–Crippen LogP) is 2.62. The van der Waals surface area contributed by atoms with Crippen LogP contribution in [0.25, 0.3) is 0 Å². The van der Waals surface area contributed by atoms with Crippen LogP contribution in [0.2, 0.25) is 0 Å². The number of rotatable bonds is 9. The standard InChI is InChI=1S/C20H27N3O4/c1-13(2)9-17(20(26)27-4)23-19(25)11-14(3)10-18(24)22-16-7-5-15(12-21)6-8-16/h5-8,13-14,17H,9-11H2,1-4H3,(H,22,24)(H,23,25). The van der Waals surface area contributed by atoms with Gasteiger partial charge in [-0.1, -0.05) is 20.8 Å². The first kappa shape index (κ1) is 22.2. The molecule has 0 radical (unpaired) electrons. The number of ether oxygens (including phenoxy) is 1. The highest BCUT2D eigenvalue weighted by Gasteiger charge is 2.23. The van der Waals surface area contributed by atoms with Crippen LogP contribution in [0.15, 0.2) is 24.3 Å². The summed E-state index contributed by atoms with van der Waals surface area (Å²) in [4.78, 5) is 36.1. The van der Waals surface area contributed by atoms with Crippen LogP contribution in [0.3, 0.4) is 0 Å². The molecule has 0 spiro atoms. The summed E-state index contributed by atoms with van der Waals surface area (Å²) >= 11 is 0. The lowest BCUT2D eigenvalue weighted by molar-refractivity contribution is -0.145. The highest BCUT2D eigenvalue weighted by molar-refractivity contribution is 5.91. The van der Waals surface area contributed by atoms with Crippen molar-refractivity contribution in [2.75, 3.05) is 12.4 Å². The van der Waals surface area contributed by atoms with Gasteiger partial charge in [0.25, 0.3) is 0 Å². The van der Waals surface area contributed by atoms with Crippen molar-refractivity contribution in [3.05, 3.63) is 29.8 Å². The van der Waals surface area contributed by atoms with Crippen LogP contribution in [0, 0.1) is 23.2 Å². The third-order valence-electron chi connectivity index (χ3n) is 3.89. The van der Waals surface area contributed by atoms with Crippen LogP contribution in [0.4, 0.5) is 5.69 Å². The molecule has 146 valence electrons. The summed E-state index contributed by atoms with van der Waals surface area (Å²) < 4.78 is 4.73. The van der Waals surface area contributed by atoms with E-state index in [2.05, 4.69) is 10.6 Å². The highest BCUT2D eigenvalue weighted by atomic mass is 16.5. The van der Waals surface area contributed by atoms with E-state index in [1.807, 2.05) is 19.9 Å². The Morgan fingerprint density at radius 3 is 2.19 bits per heavy atom. The van der Waals surface area contributed by atoms with E-state index in [1.54, 1.807) is 31.2 Å².